The number of anilines is 1. The van der Waals surface area contributed by atoms with E-state index in [0.717, 1.165) is 21.3 Å². The van der Waals surface area contributed by atoms with Crippen molar-refractivity contribution in [3.8, 4) is 5.75 Å². The summed E-state index contributed by atoms with van der Waals surface area (Å²) in [5.74, 6) is -1.28. The van der Waals surface area contributed by atoms with Gasteiger partial charge in [-0.25, -0.2) is 0 Å². The summed E-state index contributed by atoms with van der Waals surface area (Å²) < 4.78 is 6.88. The molecule has 0 saturated heterocycles. The highest BCUT2D eigenvalue weighted by Crippen LogP contribution is 2.23. The Morgan fingerprint density at radius 1 is 0.872 bits per heavy atom. The van der Waals surface area contributed by atoms with Crippen molar-refractivity contribution in [2.75, 3.05) is 5.32 Å². The van der Waals surface area contributed by atoms with Crippen molar-refractivity contribution in [3.63, 3.8) is 0 Å². The normalized spacial score (nSPS) is 12.2. The largest absolute Gasteiger partial charge is 0.489 e. The van der Waals surface area contributed by atoms with Gasteiger partial charge in [0.25, 0.3) is 0 Å². The van der Waals surface area contributed by atoms with Gasteiger partial charge >= 0.3 is 0 Å². The van der Waals surface area contributed by atoms with Gasteiger partial charge in [0, 0.05) is 15.7 Å². The van der Waals surface area contributed by atoms with E-state index >= 15 is 0 Å². The molecule has 4 rings (SSSR count). The second-order valence-corrected chi connectivity index (χ2v) is 9.96. The van der Waals surface area contributed by atoms with Crippen molar-refractivity contribution in [2.45, 2.75) is 25.5 Å². The van der Waals surface area contributed by atoms with Gasteiger partial charge in [-0.05, 0) is 72.1 Å². The molecule has 2 atom stereocenters. The number of amides is 2. The molecule has 0 spiro atoms. The number of halogens is 1. The zero-order chi connectivity index (χ0) is 27.8. The molecule has 2 unspecified atom stereocenters. The summed E-state index contributed by atoms with van der Waals surface area (Å²) in [6.07, 6.45) is 0. The molecule has 39 heavy (non-hydrogen) atoms. The number of rotatable bonds is 10. The van der Waals surface area contributed by atoms with Crippen molar-refractivity contribution in [2.24, 2.45) is 5.73 Å². The molecular formula is C31H29BrN4O3. The van der Waals surface area contributed by atoms with E-state index in [1.807, 2.05) is 61.5 Å². The zero-order valence-electron chi connectivity index (χ0n) is 21.4. The minimum Gasteiger partial charge on any atom is -0.489 e. The first-order valence-electron chi connectivity index (χ1n) is 12.4. The number of nitrogens with one attached hydrogen (secondary N) is 3. The van der Waals surface area contributed by atoms with Crippen molar-refractivity contribution >= 4 is 39.3 Å². The molecule has 0 heterocycles. The average molecular weight is 586 g/mol. The van der Waals surface area contributed by atoms with Crippen LogP contribution in [0.2, 0.25) is 0 Å². The maximum atomic E-state index is 13.4. The Morgan fingerprint density at radius 2 is 1.56 bits per heavy atom. The van der Waals surface area contributed by atoms with Gasteiger partial charge < -0.3 is 21.1 Å². The number of carbonyl (C=O) groups excluding carboxylic acids is 2. The van der Waals surface area contributed by atoms with Crippen LogP contribution in [0.1, 0.15) is 41.1 Å². The van der Waals surface area contributed by atoms with Crippen LogP contribution in [0.15, 0.2) is 108 Å². The molecule has 4 aromatic carbocycles. The Kier molecular flexibility index (Phi) is 9.12. The van der Waals surface area contributed by atoms with Gasteiger partial charge in [0.15, 0.2) is 0 Å². The summed E-state index contributed by atoms with van der Waals surface area (Å²) in [5, 5.41) is 13.3. The Hall–Kier alpha value is -4.43. The van der Waals surface area contributed by atoms with E-state index < -0.39 is 17.7 Å². The Bertz CT molecular complexity index is 1440. The van der Waals surface area contributed by atoms with Crippen LogP contribution in [0.5, 0.6) is 5.75 Å². The minimum absolute atomic E-state index is 0.0626. The van der Waals surface area contributed by atoms with Crippen molar-refractivity contribution in [3.05, 3.63) is 130 Å². The van der Waals surface area contributed by atoms with Gasteiger partial charge in [-0.3, -0.25) is 15.0 Å². The molecule has 5 N–H and O–H groups in total. The van der Waals surface area contributed by atoms with Gasteiger partial charge in [0.05, 0.1) is 6.04 Å². The first-order chi connectivity index (χ1) is 18.8. The van der Waals surface area contributed by atoms with E-state index in [4.69, 9.17) is 15.9 Å². The molecule has 2 amide bonds. The molecule has 0 saturated carbocycles. The fourth-order valence-electron chi connectivity index (χ4n) is 4.04. The van der Waals surface area contributed by atoms with Crippen molar-refractivity contribution in [1.29, 1.82) is 5.41 Å². The van der Waals surface area contributed by atoms with Crippen molar-refractivity contribution in [1.82, 2.24) is 5.32 Å². The van der Waals surface area contributed by atoms with E-state index in [0.29, 0.717) is 23.4 Å². The predicted octanol–water partition coefficient (Wildman–Crippen LogP) is 5.91. The van der Waals surface area contributed by atoms with Crippen LogP contribution in [0.3, 0.4) is 0 Å². The monoisotopic (exact) mass is 584 g/mol. The third-order valence-electron chi connectivity index (χ3n) is 6.15. The van der Waals surface area contributed by atoms with Gasteiger partial charge in [-0.2, -0.15) is 0 Å². The number of amidine groups is 1. The molecule has 7 nitrogen and oxygen atoms in total. The van der Waals surface area contributed by atoms with Gasteiger partial charge in [0.1, 0.15) is 24.1 Å². The predicted molar refractivity (Wildman–Crippen MR) is 157 cm³/mol. The standard InChI is InChI=1S/C31H29BrN4O3/c1-20(22-12-16-27(17-13-22)39-19-21-6-5-9-25(32)18-21)35-30(37)28(23-7-3-2-4-8-23)31(38)36-26-14-10-24(11-15-26)29(33)34/h2-18,20,28H,19H2,1H3,(H3,33,34)(H,35,37)(H,36,38). The van der Waals surface area contributed by atoms with Crippen LogP contribution >= 0.6 is 15.9 Å². The lowest BCUT2D eigenvalue weighted by molar-refractivity contribution is -0.129. The summed E-state index contributed by atoms with van der Waals surface area (Å²) in [5.41, 5.74) is 9.07. The molecular weight excluding hydrogens is 556 g/mol. The third kappa shape index (κ3) is 7.55. The molecule has 0 aromatic heterocycles. The molecule has 4 aromatic rings. The smallest absolute Gasteiger partial charge is 0.241 e. The first kappa shape index (κ1) is 27.6. The maximum Gasteiger partial charge on any atom is 0.241 e. The van der Waals surface area contributed by atoms with E-state index in [1.54, 1.807) is 48.5 Å². The zero-order valence-corrected chi connectivity index (χ0v) is 22.9. The van der Waals surface area contributed by atoms with E-state index in [-0.39, 0.29) is 11.9 Å². The van der Waals surface area contributed by atoms with Crippen LogP contribution in [0, 0.1) is 5.41 Å². The molecule has 0 bridgehead atoms. The topological polar surface area (TPSA) is 117 Å². The number of nitrogens with two attached hydrogens (primary N) is 1. The lowest BCUT2D eigenvalue weighted by Crippen LogP contribution is -2.37. The highest BCUT2D eigenvalue weighted by molar-refractivity contribution is 9.10. The number of benzene rings is 4. The Balaban J connectivity index is 1.43. The van der Waals surface area contributed by atoms with Crippen LogP contribution in [-0.4, -0.2) is 17.6 Å². The second-order valence-electron chi connectivity index (χ2n) is 9.04. The van der Waals surface area contributed by atoms with Crippen LogP contribution in [0.25, 0.3) is 0 Å². The highest BCUT2D eigenvalue weighted by Gasteiger charge is 2.29. The van der Waals surface area contributed by atoms with Gasteiger partial charge in [-0.15, -0.1) is 0 Å². The molecule has 0 fully saturated rings. The quantitative estimate of drug-likeness (QED) is 0.105. The summed E-state index contributed by atoms with van der Waals surface area (Å²) in [6, 6.07) is 30.6. The molecule has 198 valence electrons. The average Bonchev–Trinajstić information content (AvgIpc) is 2.93. The van der Waals surface area contributed by atoms with Crippen molar-refractivity contribution < 1.29 is 14.3 Å². The Labute approximate surface area is 236 Å². The number of hydrogen-bond donors (Lipinski definition) is 4. The maximum absolute atomic E-state index is 13.4. The minimum atomic E-state index is -1.06. The summed E-state index contributed by atoms with van der Waals surface area (Å²) >= 11 is 3.46. The summed E-state index contributed by atoms with van der Waals surface area (Å²) in [6.45, 7) is 2.31. The second kappa shape index (κ2) is 12.9. The molecule has 0 aliphatic heterocycles. The first-order valence-corrected chi connectivity index (χ1v) is 13.2. The number of ether oxygens (including phenoxy) is 1. The lowest BCUT2D eigenvalue weighted by Gasteiger charge is -2.21. The number of nitrogen functional groups attached to an aromatic ring is 1. The number of hydrogen-bond acceptors (Lipinski definition) is 4. The van der Waals surface area contributed by atoms with E-state index in [9.17, 15) is 9.59 Å². The van der Waals surface area contributed by atoms with E-state index in [2.05, 4.69) is 26.6 Å². The summed E-state index contributed by atoms with van der Waals surface area (Å²) in [4.78, 5) is 26.7. The number of carbonyl (C=O) groups is 2. The van der Waals surface area contributed by atoms with Crippen LogP contribution in [-0.2, 0) is 16.2 Å². The van der Waals surface area contributed by atoms with Crippen LogP contribution in [0.4, 0.5) is 5.69 Å². The van der Waals surface area contributed by atoms with Crippen LogP contribution < -0.4 is 21.1 Å². The van der Waals surface area contributed by atoms with E-state index in [1.165, 1.54) is 0 Å². The lowest BCUT2D eigenvalue weighted by atomic mass is 9.96. The fourth-order valence-corrected chi connectivity index (χ4v) is 4.49. The third-order valence-corrected chi connectivity index (χ3v) is 6.65. The van der Waals surface area contributed by atoms with Gasteiger partial charge in [0.2, 0.25) is 11.8 Å². The molecule has 0 aliphatic carbocycles. The SMILES string of the molecule is CC(NC(=O)C(C(=O)Nc1ccc(C(=N)N)cc1)c1ccccc1)c1ccc(OCc2cccc(Br)c2)cc1. The fraction of sp³-hybridized carbons (Fsp3) is 0.129. The molecule has 0 aliphatic rings. The van der Waals surface area contributed by atoms with Gasteiger partial charge in [-0.1, -0.05) is 70.5 Å². The highest BCUT2D eigenvalue weighted by atomic mass is 79.9. The molecule has 8 heteroatoms. The molecule has 0 radical (unpaired) electrons. The Morgan fingerprint density at radius 3 is 2.21 bits per heavy atom. The summed E-state index contributed by atoms with van der Waals surface area (Å²) in [7, 11) is 0.